The summed E-state index contributed by atoms with van der Waals surface area (Å²) in [4.78, 5) is 34.7. The van der Waals surface area contributed by atoms with Crippen LogP contribution in [0.4, 0.5) is 0 Å². The van der Waals surface area contributed by atoms with Crippen molar-refractivity contribution in [3.05, 3.63) is 29.8 Å². The topological polar surface area (TPSA) is 131 Å². The Morgan fingerprint density at radius 2 is 1.67 bits per heavy atom. The molecule has 0 bridgehead atoms. The fourth-order valence-electron chi connectivity index (χ4n) is 1.89. The van der Waals surface area contributed by atoms with Gasteiger partial charge in [0.05, 0.1) is 17.0 Å². The van der Waals surface area contributed by atoms with E-state index >= 15 is 0 Å². The Kier molecular flexibility index (Phi) is 8.89. The number of amides is 2. The van der Waals surface area contributed by atoms with Crippen molar-refractivity contribution < 1.29 is 27.5 Å². The van der Waals surface area contributed by atoms with Crippen molar-refractivity contribution in [1.82, 2.24) is 15.4 Å². The summed E-state index contributed by atoms with van der Waals surface area (Å²) >= 11 is 0. The van der Waals surface area contributed by atoms with Gasteiger partial charge in [0.25, 0.3) is 5.91 Å². The fourth-order valence-corrected chi connectivity index (χ4v) is 3.22. The van der Waals surface area contributed by atoms with Gasteiger partial charge in [-0.3, -0.25) is 9.59 Å². The Morgan fingerprint density at radius 1 is 1.04 bits per heavy atom. The number of likely N-dealkylation sites (N-methyl/N-ethyl adjacent to an activating group) is 1. The first-order valence-electron chi connectivity index (χ1n) is 8.52. The number of esters is 1. The van der Waals surface area contributed by atoms with Crippen LogP contribution >= 0.6 is 0 Å². The standard InChI is InChI=1S/C17H25N3O6S/c1-4-12(3)20-27(24,25)14-8-6-13(7-9-14)17(23)26-11-16(22)19-10-15(21)18-5-2/h6-9,12,20H,4-5,10-11H2,1-3H3,(H,18,21)(H,19,22)/t12-/m1/s1. The van der Waals surface area contributed by atoms with Crippen molar-refractivity contribution >= 4 is 27.8 Å². The molecule has 0 saturated heterocycles. The lowest BCUT2D eigenvalue weighted by atomic mass is 10.2. The summed E-state index contributed by atoms with van der Waals surface area (Å²) in [6.07, 6.45) is 0.645. The van der Waals surface area contributed by atoms with E-state index in [0.29, 0.717) is 13.0 Å². The molecule has 0 spiro atoms. The highest BCUT2D eigenvalue weighted by molar-refractivity contribution is 7.89. The van der Waals surface area contributed by atoms with E-state index in [0.717, 1.165) is 0 Å². The van der Waals surface area contributed by atoms with Crippen LogP contribution in [0, 0.1) is 0 Å². The van der Waals surface area contributed by atoms with E-state index in [-0.39, 0.29) is 29.0 Å². The van der Waals surface area contributed by atoms with Crippen LogP contribution < -0.4 is 15.4 Å². The molecule has 1 atom stereocenters. The number of hydrogen-bond donors (Lipinski definition) is 3. The molecule has 0 unspecified atom stereocenters. The summed E-state index contributed by atoms with van der Waals surface area (Å²) in [5.74, 6) is -1.74. The second kappa shape index (κ2) is 10.6. The number of carbonyl (C=O) groups is 3. The van der Waals surface area contributed by atoms with E-state index < -0.39 is 28.5 Å². The van der Waals surface area contributed by atoms with Gasteiger partial charge in [-0.05, 0) is 44.5 Å². The minimum Gasteiger partial charge on any atom is -0.452 e. The summed E-state index contributed by atoms with van der Waals surface area (Å²) in [5.41, 5.74) is 0.106. The molecule has 1 aromatic carbocycles. The third-order valence-corrected chi connectivity index (χ3v) is 5.13. The predicted octanol–water partition coefficient (Wildman–Crippen LogP) is 0.173. The number of nitrogens with one attached hydrogen (secondary N) is 3. The fraction of sp³-hybridized carbons (Fsp3) is 0.471. The summed E-state index contributed by atoms with van der Waals surface area (Å²) in [5, 5.41) is 4.82. The molecule has 0 saturated carbocycles. The molecular weight excluding hydrogens is 374 g/mol. The first-order chi connectivity index (χ1) is 12.7. The van der Waals surface area contributed by atoms with Crippen molar-refractivity contribution in [1.29, 1.82) is 0 Å². The molecule has 0 radical (unpaired) electrons. The monoisotopic (exact) mass is 399 g/mol. The minimum atomic E-state index is -3.66. The summed E-state index contributed by atoms with van der Waals surface area (Å²) in [6, 6.07) is 4.98. The van der Waals surface area contributed by atoms with E-state index in [1.54, 1.807) is 13.8 Å². The quantitative estimate of drug-likeness (QED) is 0.481. The Morgan fingerprint density at radius 3 is 2.22 bits per heavy atom. The SMILES string of the molecule is CCNC(=O)CNC(=O)COC(=O)c1ccc(S(=O)(=O)N[C@H](C)CC)cc1. The van der Waals surface area contributed by atoms with Crippen molar-refractivity contribution in [2.45, 2.75) is 38.1 Å². The number of benzene rings is 1. The van der Waals surface area contributed by atoms with Crippen LogP contribution in [0.5, 0.6) is 0 Å². The average Bonchev–Trinajstić information content (AvgIpc) is 2.64. The number of ether oxygens (including phenoxy) is 1. The first kappa shape index (κ1) is 22.6. The van der Waals surface area contributed by atoms with Gasteiger partial charge in [0, 0.05) is 12.6 Å². The number of sulfonamides is 1. The maximum Gasteiger partial charge on any atom is 0.338 e. The number of hydrogen-bond acceptors (Lipinski definition) is 6. The van der Waals surface area contributed by atoms with Crippen molar-refractivity contribution in [2.75, 3.05) is 19.7 Å². The average molecular weight is 399 g/mol. The lowest BCUT2D eigenvalue weighted by Gasteiger charge is -2.12. The molecule has 10 heteroatoms. The highest BCUT2D eigenvalue weighted by atomic mass is 32.2. The lowest BCUT2D eigenvalue weighted by Crippen LogP contribution is -2.38. The molecule has 0 aliphatic carbocycles. The lowest BCUT2D eigenvalue weighted by molar-refractivity contribution is -0.127. The molecule has 0 aliphatic rings. The van der Waals surface area contributed by atoms with Gasteiger partial charge in [-0.1, -0.05) is 6.92 Å². The molecule has 27 heavy (non-hydrogen) atoms. The van der Waals surface area contributed by atoms with Gasteiger partial charge >= 0.3 is 5.97 Å². The minimum absolute atomic E-state index is 0.0269. The van der Waals surface area contributed by atoms with E-state index in [9.17, 15) is 22.8 Å². The van der Waals surface area contributed by atoms with Gasteiger partial charge in [0.15, 0.2) is 6.61 Å². The Hall–Kier alpha value is -2.46. The molecule has 0 fully saturated rings. The van der Waals surface area contributed by atoms with Crippen LogP contribution in [-0.4, -0.2) is 51.9 Å². The summed E-state index contributed by atoms with van der Waals surface area (Å²) in [7, 11) is -3.66. The smallest absolute Gasteiger partial charge is 0.338 e. The van der Waals surface area contributed by atoms with E-state index in [1.165, 1.54) is 24.3 Å². The molecule has 2 amide bonds. The first-order valence-corrected chi connectivity index (χ1v) is 10.0. The maximum absolute atomic E-state index is 12.2. The van der Waals surface area contributed by atoms with Gasteiger partial charge < -0.3 is 15.4 Å². The second-order valence-electron chi connectivity index (χ2n) is 5.76. The van der Waals surface area contributed by atoms with Gasteiger partial charge in [0.1, 0.15) is 0 Å². The summed E-state index contributed by atoms with van der Waals surface area (Å²) < 4.78 is 31.7. The van der Waals surface area contributed by atoms with E-state index in [1.807, 2.05) is 6.92 Å². The van der Waals surface area contributed by atoms with E-state index in [4.69, 9.17) is 4.74 Å². The predicted molar refractivity (Wildman–Crippen MR) is 98.5 cm³/mol. The zero-order chi connectivity index (χ0) is 20.4. The van der Waals surface area contributed by atoms with Crippen LogP contribution in [0.2, 0.25) is 0 Å². The van der Waals surface area contributed by atoms with Crippen LogP contribution in [0.1, 0.15) is 37.6 Å². The van der Waals surface area contributed by atoms with Gasteiger partial charge in [-0.15, -0.1) is 0 Å². The maximum atomic E-state index is 12.2. The molecule has 1 rings (SSSR count). The number of carbonyl (C=O) groups excluding carboxylic acids is 3. The Balaban J connectivity index is 2.57. The molecule has 0 aromatic heterocycles. The van der Waals surface area contributed by atoms with Crippen molar-refractivity contribution in [2.24, 2.45) is 0 Å². The molecule has 9 nitrogen and oxygen atoms in total. The Bertz CT molecular complexity index is 761. The third kappa shape index (κ3) is 7.75. The second-order valence-corrected chi connectivity index (χ2v) is 7.48. The van der Waals surface area contributed by atoms with Crippen LogP contribution in [0.3, 0.4) is 0 Å². The largest absolute Gasteiger partial charge is 0.452 e. The normalized spacial score (nSPS) is 12.1. The van der Waals surface area contributed by atoms with Gasteiger partial charge in [-0.25, -0.2) is 17.9 Å². The zero-order valence-electron chi connectivity index (χ0n) is 15.6. The van der Waals surface area contributed by atoms with Crippen LogP contribution in [0.25, 0.3) is 0 Å². The van der Waals surface area contributed by atoms with Gasteiger partial charge in [-0.2, -0.15) is 0 Å². The molecule has 3 N–H and O–H groups in total. The highest BCUT2D eigenvalue weighted by Crippen LogP contribution is 2.12. The molecule has 0 aliphatic heterocycles. The Labute approximate surface area is 158 Å². The highest BCUT2D eigenvalue weighted by Gasteiger charge is 2.18. The zero-order valence-corrected chi connectivity index (χ0v) is 16.4. The molecule has 1 aromatic rings. The van der Waals surface area contributed by atoms with Crippen molar-refractivity contribution in [3.63, 3.8) is 0 Å². The summed E-state index contributed by atoms with van der Waals surface area (Å²) in [6.45, 7) is 5.05. The van der Waals surface area contributed by atoms with Crippen LogP contribution in [-0.2, 0) is 24.3 Å². The molecule has 150 valence electrons. The molecule has 0 heterocycles. The van der Waals surface area contributed by atoms with E-state index in [2.05, 4.69) is 15.4 Å². The molecular formula is C17H25N3O6S. The van der Waals surface area contributed by atoms with Crippen molar-refractivity contribution in [3.8, 4) is 0 Å². The van der Waals surface area contributed by atoms with Crippen LogP contribution in [0.15, 0.2) is 29.2 Å². The number of rotatable bonds is 10. The third-order valence-electron chi connectivity index (χ3n) is 3.52. The van der Waals surface area contributed by atoms with Gasteiger partial charge in [0.2, 0.25) is 15.9 Å².